The van der Waals surface area contributed by atoms with E-state index in [1.165, 1.54) is 0 Å². The Kier molecular flexibility index (Phi) is 4.63. The highest BCUT2D eigenvalue weighted by molar-refractivity contribution is 7.90. The van der Waals surface area contributed by atoms with Gasteiger partial charge >= 0.3 is 0 Å². The zero-order valence-electron chi connectivity index (χ0n) is 14.2. The molecule has 0 unspecified atom stereocenters. The number of aryl methyl sites for hydroxylation is 1. The standard InChI is InChI=1S/C19H20N2O3S/c1-14-6-5-7-15(10-14)13-25(23,24)18-11-21(12-19(22)20-2)17-9-4-3-8-16(17)18/h3-11H,12-13H2,1-2H3,(H,20,22). The predicted molar refractivity (Wildman–Crippen MR) is 98.1 cm³/mol. The fraction of sp³-hybridized carbons (Fsp3) is 0.211. The van der Waals surface area contributed by atoms with E-state index in [1.807, 2.05) is 43.3 Å². The van der Waals surface area contributed by atoms with Gasteiger partial charge in [-0.1, -0.05) is 48.0 Å². The van der Waals surface area contributed by atoms with Crippen LogP contribution in [-0.2, 0) is 26.9 Å². The van der Waals surface area contributed by atoms with Crippen LogP contribution in [0.25, 0.3) is 10.9 Å². The van der Waals surface area contributed by atoms with E-state index in [-0.39, 0.29) is 23.1 Å². The highest BCUT2D eigenvalue weighted by Crippen LogP contribution is 2.28. The Balaban J connectivity index is 2.06. The molecule has 1 aromatic heterocycles. The molecule has 3 rings (SSSR count). The first-order valence-electron chi connectivity index (χ1n) is 7.97. The minimum Gasteiger partial charge on any atom is -0.358 e. The lowest BCUT2D eigenvalue weighted by molar-refractivity contribution is -0.121. The Morgan fingerprint density at radius 1 is 1.12 bits per heavy atom. The number of likely N-dealkylation sites (N-methyl/N-ethyl adjacent to an activating group) is 1. The Morgan fingerprint density at radius 2 is 1.88 bits per heavy atom. The van der Waals surface area contributed by atoms with Crippen molar-refractivity contribution in [3.8, 4) is 0 Å². The van der Waals surface area contributed by atoms with Crippen LogP contribution < -0.4 is 5.32 Å². The summed E-state index contributed by atoms with van der Waals surface area (Å²) in [4.78, 5) is 12.0. The number of amides is 1. The van der Waals surface area contributed by atoms with Crippen molar-refractivity contribution in [1.82, 2.24) is 9.88 Å². The number of carbonyl (C=O) groups is 1. The molecule has 0 aliphatic carbocycles. The van der Waals surface area contributed by atoms with E-state index < -0.39 is 9.84 Å². The van der Waals surface area contributed by atoms with Gasteiger partial charge in [0.05, 0.1) is 10.6 Å². The van der Waals surface area contributed by atoms with Crippen LogP contribution in [0.5, 0.6) is 0 Å². The second-order valence-electron chi connectivity index (χ2n) is 6.06. The summed E-state index contributed by atoms with van der Waals surface area (Å²) in [5.74, 6) is -0.244. The molecule has 0 radical (unpaired) electrons. The SMILES string of the molecule is CNC(=O)Cn1cc(S(=O)(=O)Cc2cccc(C)c2)c2ccccc21. The summed E-state index contributed by atoms with van der Waals surface area (Å²) in [5.41, 5.74) is 2.51. The first-order chi connectivity index (χ1) is 11.9. The highest BCUT2D eigenvalue weighted by Gasteiger charge is 2.22. The van der Waals surface area contributed by atoms with E-state index in [2.05, 4.69) is 5.32 Å². The van der Waals surface area contributed by atoms with E-state index in [4.69, 9.17) is 0 Å². The maximum Gasteiger partial charge on any atom is 0.239 e. The van der Waals surface area contributed by atoms with Gasteiger partial charge in [0.2, 0.25) is 5.91 Å². The van der Waals surface area contributed by atoms with Crippen LogP contribution in [0.3, 0.4) is 0 Å². The van der Waals surface area contributed by atoms with Crippen molar-refractivity contribution < 1.29 is 13.2 Å². The van der Waals surface area contributed by atoms with Gasteiger partial charge in [0.15, 0.2) is 9.84 Å². The Bertz CT molecular complexity index is 1040. The summed E-state index contributed by atoms with van der Waals surface area (Å²) >= 11 is 0. The van der Waals surface area contributed by atoms with Crippen molar-refractivity contribution in [2.75, 3.05) is 7.05 Å². The van der Waals surface area contributed by atoms with Gasteiger partial charge in [-0.3, -0.25) is 4.79 Å². The summed E-state index contributed by atoms with van der Waals surface area (Å²) in [6, 6.07) is 14.7. The molecule has 0 fully saturated rings. The number of nitrogens with one attached hydrogen (secondary N) is 1. The first-order valence-corrected chi connectivity index (χ1v) is 9.63. The number of hydrogen-bond donors (Lipinski definition) is 1. The van der Waals surface area contributed by atoms with Gasteiger partial charge in [-0.25, -0.2) is 8.42 Å². The van der Waals surface area contributed by atoms with Gasteiger partial charge in [-0.2, -0.15) is 0 Å². The number of nitrogens with zero attached hydrogens (tertiary/aromatic N) is 1. The minimum atomic E-state index is -3.53. The molecule has 2 aromatic carbocycles. The van der Waals surface area contributed by atoms with E-state index in [1.54, 1.807) is 29.9 Å². The molecule has 1 heterocycles. The molecular weight excluding hydrogens is 336 g/mol. The molecule has 5 nitrogen and oxygen atoms in total. The van der Waals surface area contributed by atoms with Gasteiger partial charge in [0.1, 0.15) is 6.54 Å². The van der Waals surface area contributed by atoms with Crippen molar-refractivity contribution in [3.05, 3.63) is 65.9 Å². The number of fused-ring (bicyclic) bond motifs is 1. The smallest absolute Gasteiger partial charge is 0.239 e. The van der Waals surface area contributed by atoms with Crippen LogP contribution in [0.2, 0.25) is 0 Å². The Morgan fingerprint density at radius 3 is 2.60 bits per heavy atom. The predicted octanol–water partition coefficient (Wildman–Crippen LogP) is 2.67. The normalized spacial score (nSPS) is 11.6. The zero-order valence-corrected chi connectivity index (χ0v) is 15.0. The molecule has 0 spiro atoms. The summed E-state index contributed by atoms with van der Waals surface area (Å²) in [6.45, 7) is 2.02. The monoisotopic (exact) mass is 356 g/mol. The number of carbonyl (C=O) groups excluding carboxylic acids is 1. The molecule has 1 amide bonds. The summed E-state index contributed by atoms with van der Waals surface area (Å²) in [7, 11) is -1.97. The third kappa shape index (κ3) is 3.58. The topological polar surface area (TPSA) is 68.2 Å². The molecule has 130 valence electrons. The first kappa shape index (κ1) is 17.2. The van der Waals surface area contributed by atoms with Crippen LogP contribution in [0.4, 0.5) is 0 Å². The van der Waals surface area contributed by atoms with Gasteiger partial charge in [-0.15, -0.1) is 0 Å². The molecular formula is C19H20N2O3S. The van der Waals surface area contributed by atoms with Gasteiger partial charge in [-0.05, 0) is 18.6 Å². The van der Waals surface area contributed by atoms with Crippen LogP contribution in [0.1, 0.15) is 11.1 Å². The van der Waals surface area contributed by atoms with Crippen molar-refractivity contribution in [1.29, 1.82) is 0 Å². The summed E-state index contributed by atoms with van der Waals surface area (Å²) in [6.07, 6.45) is 1.56. The molecule has 0 bridgehead atoms. The van der Waals surface area contributed by atoms with Crippen LogP contribution in [0.15, 0.2) is 59.6 Å². The lowest BCUT2D eigenvalue weighted by Crippen LogP contribution is -2.23. The second-order valence-corrected chi connectivity index (χ2v) is 8.02. The number of para-hydroxylation sites is 1. The lowest BCUT2D eigenvalue weighted by Gasteiger charge is -2.04. The maximum absolute atomic E-state index is 13.0. The van der Waals surface area contributed by atoms with Gasteiger partial charge in [0.25, 0.3) is 0 Å². The fourth-order valence-electron chi connectivity index (χ4n) is 2.92. The van der Waals surface area contributed by atoms with Crippen LogP contribution in [0, 0.1) is 6.92 Å². The summed E-state index contributed by atoms with van der Waals surface area (Å²) < 4.78 is 27.6. The summed E-state index contributed by atoms with van der Waals surface area (Å²) in [5, 5.41) is 3.20. The average molecular weight is 356 g/mol. The highest BCUT2D eigenvalue weighted by atomic mass is 32.2. The van der Waals surface area contributed by atoms with Gasteiger partial charge < -0.3 is 9.88 Å². The third-order valence-electron chi connectivity index (χ3n) is 4.12. The molecule has 25 heavy (non-hydrogen) atoms. The Labute approximate surface area is 147 Å². The number of rotatable bonds is 5. The zero-order chi connectivity index (χ0) is 18.0. The van der Waals surface area contributed by atoms with Gasteiger partial charge in [0, 0.05) is 24.1 Å². The van der Waals surface area contributed by atoms with Crippen molar-refractivity contribution >= 4 is 26.6 Å². The molecule has 3 aromatic rings. The fourth-order valence-corrected chi connectivity index (χ4v) is 4.49. The van der Waals surface area contributed by atoms with E-state index in [9.17, 15) is 13.2 Å². The number of benzene rings is 2. The molecule has 0 aliphatic rings. The third-order valence-corrected chi connectivity index (χ3v) is 5.83. The number of aromatic nitrogens is 1. The number of hydrogen-bond acceptors (Lipinski definition) is 3. The molecule has 0 saturated carbocycles. The Hall–Kier alpha value is -2.60. The van der Waals surface area contributed by atoms with Crippen molar-refractivity contribution in [3.63, 3.8) is 0 Å². The molecule has 0 aliphatic heterocycles. The van der Waals surface area contributed by atoms with E-state index >= 15 is 0 Å². The largest absolute Gasteiger partial charge is 0.358 e. The molecule has 1 N–H and O–H groups in total. The quantitative estimate of drug-likeness (QED) is 0.764. The van der Waals surface area contributed by atoms with Crippen molar-refractivity contribution in [2.45, 2.75) is 24.1 Å². The number of sulfone groups is 1. The van der Waals surface area contributed by atoms with Crippen LogP contribution in [-0.4, -0.2) is 25.9 Å². The van der Waals surface area contributed by atoms with Crippen LogP contribution >= 0.6 is 0 Å². The molecule has 6 heteroatoms. The molecule has 0 atom stereocenters. The second kappa shape index (κ2) is 6.72. The minimum absolute atomic E-state index is 0.0668. The lowest BCUT2D eigenvalue weighted by atomic mass is 10.2. The maximum atomic E-state index is 13.0. The van der Waals surface area contributed by atoms with E-state index in [0.29, 0.717) is 5.39 Å². The average Bonchev–Trinajstić information content (AvgIpc) is 2.94. The van der Waals surface area contributed by atoms with Crippen molar-refractivity contribution in [2.24, 2.45) is 0 Å². The molecule has 0 saturated heterocycles. The van der Waals surface area contributed by atoms with E-state index in [0.717, 1.165) is 16.6 Å².